The van der Waals surface area contributed by atoms with E-state index in [1.165, 1.54) is 17.8 Å². The van der Waals surface area contributed by atoms with Crippen molar-refractivity contribution < 1.29 is 0 Å². The van der Waals surface area contributed by atoms with Crippen LogP contribution in [0.4, 0.5) is 5.82 Å². The lowest BCUT2D eigenvalue weighted by molar-refractivity contribution is 0.811. The van der Waals surface area contributed by atoms with Crippen molar-refractivity contribution in [3.63, 3.8) is 0 Å². The predicted octanol–water partition coefficient (Wildman–Crippen LogP) is 1.55. The Morgan fingerprint density at radius 1 is 1.32 bits per heavy atom. The second-order valence-electron chi connectivity index (χ2n) is 4.09. The Kier molecular flexibility index (Phi) is 4.16. The van der Waals surface area contributed by atoms with Gasteiger partial charge in [-0.25, -0.2) is 15.0 Å². The second-order valence-corrected chi connectivity index (χ2v) is 5.10. The molecule has 0 aliphatic rings. The molecule has 19 heavy (non-hydrogen) atoms. The number of aromatic nitrogens is 4. The maximum Gasteiger partial charge on any atom is 0.251 e. The number of hydrogen-bond acceptors (Lipinski definition) is 6. The fourth-order valence-electron chi connectivity index (χ4n) is 1.58. The molecule has 0 aliphatic carbocycles. The molecule has 0 atom stereocenters. The van der Waals surface area contributed by atoms with Crippen LogP contribution >= 0.6 is 11.8 Å². The van der Waals surface area contributed by atoms with Gasteiger partial charge in [0, 0.05) is 24.2 Å². The molecular weight excluding hydrogens is 262 g/mol. The highest BCUT2D eigenvalue weighted by atomic mass is 32.2. The first kappa shape index (κ1) is 13.5. The molecule has 2 rings (SSSR count). The van der Waals surface area contributed by atoms with Gasteiger partial charge in [-0.3, -0.25) is 4.79 Å². The average molecular weight is 277 g/mol. The van der Waals surface area contributed by atoms with Gasteiger partial charge in [0.05, 0.1) is 0 Å². The monoisotopic (exact) mass is 277 g/mol. The van der Waals surface area contributed by atoms with E-state index in [4.69, 9.17) is 5.73 Å². The molecule has 6 nitrogen and oxygen atoms in total. The highest BCUT2D eigenvalue weighted by Gasteiger charge is 2.06. The zero-order chi connectivity index (χ0) is 13.8. The standard InChI is InChI=1S/C12H15N5OS/c1-3-4-9-15-8(13)6-11(16-9)19-12-14-7(2)5-10(18)17-12/h5-6H,3-4H2,1-2H3,(H2,13,15,16)(H,14,17,18). The van der Waals surface area contributed by atoms with Crippen molar-refractivity contribution in [1.29, 1.82) is 0 Å². The quantitative estimate of drug-likeness (QED) is 0.650. The number of nitrogen functional groups attached to an aromatic ring is 1. The number of nitrogens with zero attached hydrogens (tertiary/aromatic N) is 3. The third kappa shape index (κ3) is 3.78. The fourth-order valence-corrected chi connectivity index (χ4v) is 2.45. The molecule has 0 saturated heterocycles. The lowest BCUT2D eigenvalue weighted by Gasteiger charge is -2.04. The Morgan fingerprint density at radius 2 is 2.11 bits per heavy atom. The Hall–Kier alpha value is -1.89. The first-order valence-corrected chi connectivity index (χ1v) is 6.77. The number of hydrogen-bond donors (Lipinski definition) is 2. The van der Waals surface area contributed by atoms with Gasteiger partial charge in [0.15, 0.2) is 5.16 Å². The molecule has 0 saturated carbocycles. The summed E-state index contributed by atoms with van der Waals surface area (Å²) in [7, 11) is 0. The molecule has 0 unspecified atom stereocenters. The molecule has 0 spiro atoms. The molecule has 2 heterocycles. The van der Waals surface area contributed by atoms with Crippen LogP contribution in [0.2, 0.25) is 0 Å². The van der Waals surface area contributed by atoms with Gasteiger partial charge in [-0.15, -0.1) is 0 Å². The predicted molar refractivity (Wildman–Crippen MR) is 74.2 cm³/mol. The Bertz CT molecular complexity index is 640. The van der Waals surface area contributed by atoms with Crippen molar-refractivity contribution in [1.82, 2.24) is 19.9 Å². The van der Waals surface area contributed by atoms with E-state index in [-0.39, 0.29) is 5.56 Å². The summed E-state index contributed by atoms with van der Waals surface area (Å²) in [5.74, 6) is 1.14. The van der Waals surface area contributed by atoms with E-state index in [2.05, 4.69) is 26.9 Å². The maximum atomic E-state index is 11.4. The Labute approximate surface area is 114 Å². The van der Waals surface area contributed by atoms with Gasteiger partial charge < -0.3 is 10.7 Å². The first-order valence-electron chi connectivity index (χ1n) is 5.96. The summed E-state index contributed by atoms with van der Waals surface area (Å²) in [4.78, 5) is 26.8. The molecule has 2 aromatic heterocycles. The van der Waals surface area contributed by atoms with Gasteiger partial charge in [-0.2, -0.15) is 0 Å². The number of nitrogens with one attached hydrogen (secondary N) is 1. The van der Waals surface area contributed by atoms with Crippen LogP contribution in [0.15, 0.2) is 27.1 Å². The van der Waals surface area contributed by atoms with Crippen molar-refractivity contribution in [2.75, 3.05) is 5.73 Å². The highest BCUT2D eigenvalue weighted by Crippen LogP contribution is 2.23. The van der Waals surface area contributed by atoms with Crippen LogP contribution in [0.25, 0.3) is 0 Å². The van der Waals surface area contributed by atoms with Crippen molar-refractivity contribution in [2.24, 2.45) is 0 Å². The van der Waals surface area contributed by atoms with Gasteiger partial charge in [-0.1, -0.05) is 6.92 Å². The van der Waals surface area contributed by atoms with Gasteiger partial charge in [-0.05, 0) is 25.1 Å². The summed E-state index contributed by atoms with van der Waals surface area (Å²) in [5, 5.41) is 1.19. The molecule has 3 N–H and O–H groups in total. The summed E-state index contributed by atoms with van der Waals surface area (Å²) in [5.41, 5.74) is 6.24. The lowest BCUT2D eigenvalue weighted by atomic mass is 10.3. The topological polar surface area (TPSA) is 97.5 Å². The average Bonchev–Trinajstić information content (AvgIpc) is 2.26. The zero-order valence-electron chi connectivity index (χ0n) is 10.8. The van der Waals surface area contributed by atoms with E-state index in [0.29, 0.717) is 27.5 Å². The van der Waals surface area contributed by atoms with E-state index in [9.17, 15) is 4.79 Å². The fraction of sp³-hybridized carbons (Fsp3) is 0.333. The highest BCUT2D eigenvalue weighted by molar-refractivity contribution is 7.99. The van der Waals surface area contributed by atoms with E-state index in [1.807, 2.05) is 0 Å². The third-order valence-electron chi connectivity index (χ3n) is 2.29. The number of H-pyrrole nitrogens is 1. The van der Waals surface area contributed by atoms with Gasteiger partial charge in [0.2, 0.25) is 0 Å². The second kappa shape index (κ2) is 5.83. The van der Waals surface area contributed by atoms with E-state index in [0.717, 1.165) is 12.8 Å². The molecule has 7 heteroatoms. The first-order chi connectivity index (χ1) is 9.06. The molecule has 0 amide bonds. The molecule has 0 bridgehead atoms. The van der Waals surface area contributed by atoms with Crippen LogP contribution in [0.1, 0.15) is 24.9 Å². The number of aromatic amines is 1. The molecular formula is C12H15N5OS. The largest absolute Gasteiger partial charge is 0.384 e. The number of anilines is 1. The summed E-state index contributed by atoms with van der Waals surface area (Å²) < 4.78 is 0. The summed E-state index contributed by atoms with van der Waals surface area (Å²) in [6.07, 6.45) is 1.73. The number of nitrogens with two attached hydrogens (primary N) is 1. The van der Waals surface area contributed by atoms with Crippen LogP contribution in [-0.4, -0.2) is 19.9 Å². The molecule has 0 fully saturated rings. The molecule has 100 valence electrons. The van der Waals surface area contributed by atoms with Crippen molar-refractivity contribution in [2.45, 2.75) is 36.9 Å². The Balaban J connectivity index is 2.29. The maximum absolute atomic E-state index is 11.4. The Morgan fingerprint density at radius 3 is 2.79 bits per heavy atom. The SMILES string of the molecule is CCCc1nc(N)cc(Sc2nc(C)cc(=O)[nH]2)n1. The minimum atomic E-state index is -0.175. The molecule has 0 radical (unpaired) electrons. The van der Waals surface area contributed by atoms with Crippen molar-refractivity contribution >= 4 is 17.6 Å². The summed E-state index contributed by atoms with van der Waals surface area (Å²) in [6, 6.07) is 3.12. The number of rotatable bonds is 4. The van der Waals surface area contributed by atoms with Crippen molar-refractivity contribution in [3.8, 4) is 0 Å². The smallest absolute Gasteiger partial charge is 0.251 e. The van der Waals surface area contributed by atoms with Crippen LogP contribution in [0.3, 0.4) is 0 Å². The van der Waals surface area contributed by atoms with E-state index in [1.54, 1.807) is 13.0 Å². The summed E-state index contributed by atoms with van der Waals surface area (Å²) >= 11 is 1.27. The minimum Gasteiger partial charge on any atom is -0.384 e. The number of aryl methyl sites for hydroxylation is 2. The van der Waals surface area contributed by atoms with Gasteiger partial charge in [0.1, 0.15) is 16.7 Å². The van der Waals surface area contributed by atoms with Gasteiger partial charge in [0.25, 0.3) is 5.56 Å². The normalized spacial score (nSPS) is 10.6. The third-order valence-corrected chi connectivity index (χ3v) is 3.10. The van der Waals surface area contributed by atoms with Crippen LogP contribution in [0.5, 0.6) is 0 Å². The van der Waals surface area contributed by atoms with Gasteiger partial charge >= 0.3 is 0 Å². The van der Waals surface area contributed by atoms with Crippen LogP contribution in [-0.2, 0) is 6.42 Å². The molecule has 2 aromatic rings. The van der Waals surface area contributed by atoms with E-state index >= 15 is 0 Å². The van der Waals surface area contributed by atoms with Crippen LogP contribution < -0.4 is 11.3 Å². The molecule has 0 aliphatic heterocycles. The zero-order valence-corrected chi connectivity index (χ0v) is 11.6. The van der Waals surface area contributed by atoms with Crippen LogP contribution in [0, 0.1) is 6.92 Å². The van der Waals surface area contributed by atoms with Crippen molar-refractivity contribution in [3.05, 3.63) is 34.0 Å². The minimum absolute atomic E-state index is 0.175. The summed E-state index contributed by atoms with van der Waals surface area (Å²) in [6.45, 7) is 3.83. The molecule has 0 aromatic carbocycles. The lowest BCUT2D eigenvalue weighted by Crippen LogP contribution is -2.08. The van der Waals surface area contributed by atoms with E-state index < -0.39 is 0 Å².